The van der Waals surface area contributed by atoms with E-state index in [1.165, 1.54) is 17.8 Å². The molecule has 0 aromatic carbocycles. The monoisotopic (exact) mass is 272 g/mol. The Morgan fingerprint density at radius 1 is 1.28 bits per heavy atom. The Balaban J connectivity index is 1.82. The van der Waals surface area contributed by atoms with Gasteiger partial charge in [0, 0.05) is 36.1 Å². The molecule has 2 N–H and O–H groups in total. The van der Waals surface area contributed by atoms with Crippen LogP contribution in [0.3, 0.4) is 0 Å². The molecule has 1 aromatic rings. The van der Waals surface area contributed by atoms with Crippen molar-refractivity contribution in [3.05, 3.63) is 16.1 Å². The molecule has 18 heavy (non-hydrogen) atoms. The highest BCUT2D eigenvalue weighted by Gasteiger charge is 2.45. The second-order valence-electron chi connectivity index (χ2n) is 5.69. The zero-order chi connectivity index (χ0) is 12.8. The van der Waals surface area contributed by atoms with Gasteiger partial charge in [-0.1, -0.05) is 0 Å². The number of nitrogens with two attached hydrogens (primary N) is 1. The molecule has 0 atom stereocenters. The van der Waals surface area contributed by atoms with Crippen molar-refractivity contribution in [3.8, 4) is 0 Å². The quantitative estimate of drug-likeness (QED) is 0.915. The summed E-state index contributed by atoms with van der Waals surface area (Å²) in [6, 6.07) is 0. The predicted octanol–water partition coefficient (Wildman–Crippen LogP) is 3.43. The molecule has 1 heterocycles. The van der Waals surface area contributed by atoms with Gasteiger partial charge < -0.3 is 5.73 Å². The summed E-state index contributed by atoms with van der Waals surface area (Å²) in [5.74, 6) is -1.88. The van der Waals surface area contributed by atoms with Crippen molar-refractivity contribution in [3.63, 3.8) is 0 Å². The number of hydrogen-bond acceptors (Lipinski definition) is 3. The van der Waals surface area contributed by atoms with Crippen LogP contribution >= 0.6 is 11.3 Å². The average molecular weight is 272 g/mol. The van der Waals surface area contributed by atoms with Crippen molar-refractivity contribution < 1.29 is 8.78 Å². The van der Waals surface area contributed by atoms with E-state index in [0.29, 0.717) is 25.3 Å². The SMILES string of the molecule is NCC1(c2csc(C3CC3)n2)CCC(F)(F)CC1. The summed E-state index contributed by atoms with van der Waals surface area (Å²) in [6.07, 6.45) is 3.26. The third-order valence-electron chi connectivity index (χ3n) is 4.32. The minimum Gasteiger partial charge on any atom is -0.330 e. The highest BCUT2D eigenvalue weighted by Crippen LogP contribution is 2.47. The van der Waals surface area contributed by atoms with Crippen LogP contribution in [0.4, 0.5) is 8.78 Å². The van der Waals surface area contributed by atoms with Gasteiger partial charge >= 0.3 is 0 Å². The second-order valence-corrected chi connectivity index (χ2v) is 6.58. The van der Waals surface area contributed by atoms with Crippen molar-refractivity contribution in [1.29, 1.82) is 0 Å². The number of thiazole rings is 1. The van der Waals surface area contributed by atoms with Gasteiger partial charge in [0.1, 0.15) is 0 Å². The largest absolute Gasteiger partial charge is 0.330 e. The molecular formula is C13H18F2N2S. The lowest BCUT2D eigenvalue weighted by Crippen LogP contribution is -2.42. The summed E-state index contributed by atoms with van der Waals surface area (Å²) in [5.41, 5.74) is 6.54. The van der Waals surface area contributed by atoms with E-state index in [-0.39, 0.29) is 18.3 Å². The van der Waals surface area contributed by atoms with Gasteiger partial charge in [-0.15, -0.1) is 11.3 Å². The Morgan fingerprint density at radius 2 is 1.94 bits per heavy atom. The lowest BCUT2D eigenvalue weighted by molar-refractivity contribution is -0.0513. The molecule has 0 aliphatic heterocycles. The van der Waals surface area contributed by atoms with E-state index < -0.39 is 5.92 Å². The van der Waals surface area contributed by atoms with E-state index in [1.54, 1.807) is 11.3 Å². The van der Waals surface area contributed by atoms with Crippen LogP contribution < -0.4 is 5.73 Å². The van der Waals surface area contributed by atoms with Gasteiger partial charge in [-0.05, 0) is 25.7 Å². The summed E-state index contributed by atoms with van der Waals surface area (Å²) < 4.78 is 26.6. The van der Waals surface area contributed by atoms with Crippen LogP contribution in [0.1, 0.15) is 55.1 Å². The smallest absolute Gasteiger partial charge is 0.248 e. The zero-order valence-corrected chi connectivity index (χ0v) is 11.1. The van der Waals surface area contributed by atoms with Crippen molar-refractivity contribution >= 4 is 11.3 Å². The Bertz CT molecular complexity index is 430. The summed E-state index contributed by atoms with van der Waals surface area (Å²) in [4.78, 5) is 4.68. The molecule has 5 heteroatoms. The lowest BCUT2D eigenvalue weighted by Gasteiger charge is -2.38. The normalized spacial score (nSPS) is 26.2. The number of hydrogen-bond donors (Lipinski definition) is 1. The molecule has 2 aliphatic carbocycles. The molecule has 2 fully saturated rings. The van der Waals surface area contributed by atoms with Gasteiger partial charge in [0.05, 0.1) is 10.7 Å². The van der Waals surface area contributed by atoms with E-state index in [1.807, 2.05) is 5.38 Å². The summed E-state index contributed by atoms with van der Waals surface area (Å²) in [5, 5.41) is 3.22. The Morgan fingerprint density at radius 3 is 2.50 bits per heavy atom. The molecule has 0 bridgehead atoms. The molecule has 0 unspecified atom stereocenters. The van der Waals surface area contributed by atoms with E-state index in [2.05, 4.69) is 4.98 Å². The number of nitrogens with zero attached hydrogens (tertiary/aromatic N) is 1. The van der Waals surface area contributed by atoms with Crippen LogP contribution in [0.2, 0.25) is 0 Å². The summed E-state index contributed by atoms with van der Waals surface area (Å²) in [7, 11) is 0. The van der Waals surface area contributed by atoms with Crippen LogP contribution in [0.5, 0.6) is 0 Å². The Labute approximate surface area is 110 Å². The van der Waals surface area contributed by atoms with E-state index in [9.17, 15) is 8.78 Å². The molecule has 2 aliphatic rings. The van der Waals surface area contributed by atoms with E-state index >= 15 is 0 Å². The third kappa shape index (κ3) is 2.18. The minimum atomic E-state index is -2.51. The number of halogens is 2. The molecule has 0 spiro atoms. The maximum Gasteiger partial charge on any atom is 0.248 e. The van der Waals surface area contributed by atoms with Crippen molar-refractivity contribution in [2.24, 2.45) is 5.73 Å². The molecule has 0 amide bonds. The van der Waals surface area contributed by atoms with Crippen molar-refractivity contribution in [1.82, 2.24) is 4.98 Å². The van der Waals surface area contributed by atoms with Crippen LogP contribution in [0, 0.1) is 0 Å². The predicted molar refractivity (Wildman–Crippen MR) is 68.2 cm³/mol. The first-order valence-electron chi connectivity index (χ1n) is 6.58. The van der Waals surface area contributed by atoms with Crippen LogP contribution in [0.15, 0.2) is 5.38 Å². The highest BCUT2D eigenvalue weighted by molar-refractivity contribution is 7.09. The highest BCUT2D eigenvalue weighted by atomic mass is 32.1. The van der Waals surface area contributed by atoms with Gasteiger partial charge in [-0.2, -0.15) is 0 Å². The maximum atomic E-state index is 13.3. The number of aromatic nitrogens is 1. The van der Waals surface area contributed by atoms with Gasteiger partial charge in [0.2, 0.25) is 5.92 Å². The van der Waals surface area contributed by atoms with Crippen LogP contribution in [-0.4, -0.2) is 17.5 Å². The van der Waals surface area contributed by atoms with E-state index in [0.717, 1.165) is 5.69 Å². The van der Waals surface area contributed by atoms with Gasteiger partial charge in [-0.3, -0.25) is 0 Å². The molecule has 3 rings (SSSR count). The van der Waals surface area contributed by atoms with Crippen LogP contribution in [-0.2, 0) is 5.41 Å². The number of alkyl halides is 2. The lowest BCUT2D eigenvalue weighted by atomic mass is 9.71. The average Bonchev–Trinajstić information content (AvgIpc) is 3.09. The fourth-order valence-electron chi connectivity index (χ4n) is 2.71. The van der Waals surface area contributed by atoms with Gasteiger partial charge in [-0.25, -0.2) is 13.8 Å². The zero-order valence-electron chi connectivity index (χ0n) is 10.3. The molecule has 0 radical (unpaired) electrons. The molecule has 0 saturated heterocycles. The Hall–Kier alpha value is -0.550. The first-order valence-corrected chi connectivity index (χ1v) is 7.46. The first kappa shape index (κ1) is 12.5. The van der Waals surface area contributed by atoms with E-state index in [4.69, 9.17) is 5.73 Å². The number of rotatable bonds is 3. The van der Waals surface area contributed by atoms with Gasteiger partial charge in [0.15, 0.2) is 0 Å². The fourth-order valence-corrected chi connectivity index (χ4v) is 3.82. The molecular weight excluding hydrogens is 254 g/mol. The van der Waals surface area contributed by atoms with Gasteiger partial charge in [0.25, 0.3) is 0 Å². The van der Waals surface area contributed by atoms with Crippen molar-refractivity contribution in [2.75, 3.05) is 6.54 Å². The first-order chi connectivity index (χ1) is 8.55. The molecule has 100 valence electrons. The molecule has 1 aromatic heterocycles. The summed E-state index contributed by atoms with van der Waals surface area (Å²) >= 11 is 1.67. The van der Waals surface area contributed by atoms with Crippen molar-refractivity contribution in [2.45, 2.75) is 55.8 Å². The Kier molecular flexibility index (Phi) is 2.94. The standard InChI is InChI=1S/C13H18F2N2S/c14-13(15)5-3-12(8-16,4-6-13)10-7-18-11(17-10)9-1-2-9/h7,9H,1-6,8,16H2. The minimum absolute atomic E-state index is 0.0551. The third-order valence-corrected chi connectivity index (χ3v) is 5.33. The fraction of sp³-hybridized carbons (Fsp3) is 0.769. The molecule has 2 nitrogen and oxygen atoms in total. The summed E-state index contributed by atoms with van der Waals surface area (Å²) in [6.45, 7) is 0.428. The molecule has 2 saturated carbocycles. The topological polar surface area (TPSA) is 38.9 Å². The van der Waals surface area contributed by atoms with Crippen LogP contribution in [0.25, 0.3) is 0 Å². The second kappa shape index (κ2) is 4.23. The maximum absolute atomic E-state index is 13.3.